The number of thiocarbonyl (C=S) groups is 1. The van der Waals surface area contributed by atoms with Gasteiger partial charge in [-0.2, -0.15) is 13.5 Å². The highest BCUT2D eigenvalue weighted by Gasteiger charge is 2.17. The van der Waals surface area contributed by atoms with Crippen molar-refractivity contribution < 1.29 is 12.6 Å². The summed E-state index contributed by atoms with van der Waals surface area (Å²) in [6.45, 7) is 0. The maximum Gasteiger partial charge on any atom is 0.339 e. The lowest BCUT2D eigenvalue weighted by atomic mass is 10.2. The minimum absolute atomic E-state index is 0.00405. The molecule has 9 heteroatoms. The lowest BCUT2D eigenvalue weighted by Gasteiger charge is -2.09. The molecule has 2 aromatic rings. The number of nitrogens with one attached hydrogen (secondary N) is 1. The van der Waals surface area contributed by atoms with Gasteiger partial charge >= 0.3 is 10.1 Å². The molecule has 0 aliphatic rings. The summed E-state index contributed by atoms with van der Waals surface area (Å²) in [4.78, 5) is 0.0621. The third-order valence-electron chi connectivity index (χ3n) is 2.58. The maximum absolute atomic E-state index is 12.3. The SMILES string of the molecule is NC(=S)N/N=C/c1cc(Br)ccc1OS(=O)(=O)c1ccccc1. The van der Waals surface area contributed by atoms with Crippen molar-refractivity contribution in [2.24, 2.45) is 10.8 Å². The molecule has 120 valence electrons. The number of benzene rings is 2. The normalized spacial score (nSPS) is 11.3. The van der Waals surface area contributed by atoms with E-state index in [-0.39, 0.29) is 15.8 Å². The van der Waals surface area contributed by atoms with E-state index >= 15 is 0 Å². The monoisotopic (exact) mass is 413 g/mol. The molecule has 0 atom stereocenters. The van der Waals surface area contributed by atoms with E-state index in [0.29, 0.717) is 5.56 Å². The highest BCUT2D eigenvalue weighted by Crippen LogP contribution is 2.25. The Balaban J connectivity index is 2.33. The maximum atomic E-state index is 12.3. The third-order valence-corrected chi connectivity index (χ3v) is 4.41. The van der Waals surface area contributed by atoms with Crippen molar-refractivity contribution in [1.29, 1.82) is 0 Å². The van der Waals surface area contributed by atoms with Crippen LogP contribution in [0.5, 0.6) is 5.75 Å². The topological polar surface area (TPSA) is 93.8 Å². The largest absolute Gasteiger partial charge is 0.378 e. The highest BCUT2D eigenvalue weighted by molar-refractivity contribution is 9.10. The summed E-state index contributed by atoms with van der Waals surface area (Å²) in [6, 6.07) is 12.7. The average Bonchev–Trinajstić information content (AvgIpc) is 2.50. The van der Waals surface area contributed by atoms with Crippen LogP contribution in [-0.2, 0) is 10.1 Å². The van der Waals surface area contributed by atoms with Gasteiger partial charge in [0.1, 0.15) is 4.90 Å². The fraction of sp³-hybridized carbons (Fsp3) is 0. The lowest BCUT2D eigenvalue weighted by molar-refractivity contribution is 0.485. The molecule has 0 fully saturated rings. The molecule has 0 bridgehead atoms. The summed E-state index contributed by atoms with van der Waals surface area (Å²) in [7, 11) is -3.94. The lowest BCUT2D eigenvalue weighted by Crippen LogP contribution is -2.24. The summed E-state index contributed by atoms with van der Waals surface area (Å²) in [5.74, 6) is 0.130. The van der Waals surface area contributed by atoms with Crippen LogP contribution in [-0.4, -0.2) is 19.7 Å². The van der Waals surface area contributed by atoms with E-state index in [9.17, 15) is 8.42 Å². The van der Waals surface area contributed by atoms with Crippen molar-refractivity contribution in [3.05, 3.63) is 58.6 Å². The zero-order valence-corrected chi connectivity index (χ0v) is 14.9. The fourth-order valence-electron chi connectivity index (χ4n) is 1.62. The Hall–Kier alpha value is -1.97. The molecule has 0 aromatic heterocycles. The summed E-state index contributed by atoms with van der Waals surface area (Å²) in [5, 5.41) is 3.80. The predicted octanol–water partition coefficient (Wildman–Crippen LogP) is 2.38. The van der Waals surface area contributed by atoms with Gasteiger partial charge in [0.2, 0.25) is 0 Å². The summed E-state index contributed by atoms with van der Waals surface area (Å²) in [6.07, 6.45) is 1.36. The van der Waals surface area contributed by atoms with Gasteiger partial charge in [0.15, 0.2) is 10.9 Å². The standard InChI is InChI=1S/C14H12BrN3O3S2/c15-11-6-7-13(10(8-11)9-17-18-14(16)22)21-23(19,20)12-4-2-1-3-5-12/h1-9H,(H3,16,18,22)/b17-9+. The van der Waals surface area contributed by atoms with Crippen LogP contribution in [0, 0.1) is 0 Å². The van der Waals surface area contributed by atoms with Gasteiger partial charge in [-0.3, -0.25) is 5.43 Å². The van der Waals surface area contributed by atoms with E-state index in [1.807, 2.05) is 0 Å². The molecule has 0 saturated carbocycles. The minimum atomic E-state index is -3.94. The summed E-state index contributed by atoms with van der Waals surface area (Å²) < 4.78 is 30.5. The second-order valence-electron chi connectivity index (χ2n) is 4.27. The number of hydrazone groups is 1. The van der Waals surface area contributed by atoms with Crippen LogP contribution in [0.1, 0.15) is 5.56 Å². The van der Waals surface area contributed by atoms with E-state index in [2.05, 4.69) is 38.7 Å². The molecule has 23 heavy (non-hydrogen) atoms. The van der Waals surface area contributed by atoms with E-state index < -0.39 is 10.1 Å². The molecule has 2 rings (SSSR count). The van der Waals surface area contributed by atoms with Gasteiger partial charge in [0.25, 0.3) is 0 Å². The Morgan fingerprint density at radius 2 is 1.96 bits per heavy atom. The predicted molar refractivity (Wildman–Crippen MR) is 95.9 cm³/mol. The molecule has 2 aromatic carbocycles. The number of nitrogens with two attached hydrogens (primary N) is 1. The Kier molecular flexibility index (Phi) is 5.69. The molecule has 0 aliphatic carbocycles. The molecule has 3 N–H and O–H groups in total. The van der Waals surface area contributed by atoms with Crippen molar-refractivity contribution in [3.8, 4) is 5.75 Å². The quantitative estimate of drug-likeness (QED) is 0.338. The van der Waals surface area contributed by atoms with E-state index in [4.69, 9.17) is 9.92 Å². The zero-order valence-electron chi connectivity index (χ0n) is 11.6. The number of rotatable bonds is 5. The molecule has 6 nitrogen and oxygen atoms in total. The highest BCUT2D eigenvalue weighted by atomic mass is 79.9. The number of hydrogen-bond donors (Lipinski definition) is 2. The minimum Gasteiger partial charge on any atom is -0.378 e. The molecule has 0 unspecified atom stereocenters. The van der Waals surface area contributed by atoms with Crippen LogP contribution >= 0.6 is 28.1 Å². The molecule has 0 amide bonds. The first-order valence-corrected chi connectivity index (χ1v) is 8.87. The van der Waals surface area contributed by atoms with E-state index in [1.54, 1.807) is 30.3 Å². The van der Waals surface area contributed by atoms with Crippen molar-refractivity contribution in [2.75, 3.05) is 0 Å². The second kappa shape index (κ2) is 7.53. The summed E-state index contributed by atoms with van der Waals surface area (Å²) >= 11 is 7.94. The first kappa shape index (κ1) is 17.4. The van der Waals surface area contributed by atoms with Crippen LogP contribution in [0.2, 0.25) is 0 Å². The first-order valence-electron chi connectivity index (χ1n) is 6.26. The molecule has 0 aliphatic heterocycles. The van der Waals surface area contributed by atoms with Gasteiger partial charge in [0.05, 0.1) is 6.21 Å². The van der Waals surface area contributed by atoms with Crippen LogP contribution < -0.4 is 15.3 Å². The first-order chi connectivity index (χ1) is 10.9. The van der Waals surface area contributed by atoms with E-state index in [1.165, 1.54) is 24.4 Å². The Morgan fingerprint density at radius 3 is 2.61 bits per heavy atom. The van der Waals surface area contributed by atoms with Crippen molar-refractivity contribution in [1.82, 2.24) is 5.43 Å². The van der Waals surface area contributed by atoms with Gasteiger partial charge in [-0.25, -0.2) is 0 Å². The zero-order chi connectivity index (χ0) is 16.9. The number of hydrogen-bond acceptors (Lipinski definition) is 5. The molecular formula is C14H12BrN3O3S2. The number of halogens is 1. The van der Waals surface area contributed by atoms with Gasteiger partial charge in [-0.05, 0) is 42.5 Å². The van der Waals surface area contributed by atoms with Crippen molar-refractivity contribution in [3.63, 3.8) is 0 Å². The van der Waals surface area contributed by atoms with Crippen LogP contribution in [0.3, 0.4) is 0 Å². The van der Waals surface area contributed by atoms with Crippen molar-refractivity contribution in [2.45, 2.75) is 4.90 Å². The Bertz CT molecular complexity index is 840. The fourth-order valence-corrected chi connectivity index (χ4v) is 3.02. The van der Waals surface area contributed by atoms with Gasteiger partial charge in [-0.1, -0.05) is 34.1 Å². The number of nitrogens with zero attached hydrogens (tertiary/aromatic N) is 1. The average molecular weight is 414 g/mol. The van der Waals surface area contributed by atoms with Gasteiger partial charge < -0.3 is 9.92 Å². The molecule has 0 heterocycles. The van der Waals surface area contributed by atoms with Gasteiger partial charge in [-0.15, -0.1) is 0 Å². The van der Waals surface area contributed by atoms with E-state index in [0.717, 1.165) is 4.47 Å². The molecule has 0 spiro atoms. The molecule has 0 saturated heterocycles. The van der Waals surface area contributed by atoms with Crippen LogP contribution in [0.4, 0.5) is 0 Å². The van der Waals surface area contributed by atoms with Crippen LogP contribution in [0.15, 0.2) is 63.0 Å². The van der Waals surface area contributed by atoms with Crippen LogP contribution in [0.25, 0.3) is 0 Å². The summed E-state index contributed by atoms with van der Waals surface area (Å²) in [5.41, 5.74) is 8.10. The Morgan fingerprint density at radius 1 is 1.26 bits per heavy atom. The molecule has 0 radical (unpaired) electrons. The second-order valence-corrected chi connectivity index (χ2v) is 7.17. The Labute approximate surface area is 147 Å². The van der Waals surface area contributed by atoms with Gasteiger partial charge in [0, 0.05) is 10.0 Å². The third kappa shape index (κ3) is 5.02. The molecular weight excluding hydrogens is 402 g/mol. The van der Waals surface area contributed by atoms with Crippen molar-refractivity contribution >= 4 is 49.6 Å². The smallest absolute Gasteiger partial charge is 0.339 e.